The molecule has 1 aliphatic rings. The molecule has 122 valence electrons. The van der Waals surface area contributed by atoms with Gasteiger partial charge in [-0.05, 0) is 55.4 Å². The molecule has 1 fully saturated rings. The van der Waals surface area contributed by atoms with Crippen molar-refractivity contribution in [2.24, 2.45) is 5.41 Å². The van der Waals surface area contributed by atoms with Crippen LogP contribution in [-0.4, -0.2) is 37.3 Å². The Hall–Kier alpha value is -1.55. The number of hydrogen-bond donors (Lipinski definition) is 2. The molecule has 2 rings (SSSR count). The number of amides is 1. The van der Waals surface area contributed by atoms with Gasteiger partial charge in [-0.2, -0.15) is 0 Å². The van der Waals surface area contributed by atoms with Crippen LogP contribution in [0.3, 0.4) is 0 Å². The van der Waals surface area contributed by atoms with Crippen LogP contribution in [0.2, 0.25) is 0 Å². The van der Waals surface area contributed by atoms with Crippen molar-refractivity contribution in [1.29, 1.82) is 0 Å². The average Bonchev–Trinajstić information content (AvgIpc) is 2.54. The number of aliphatic hydroxyl groups excluding tert-OH is 1. The predicted octanol–water partition coefficient (Wildman–Crippen LogP) is 2.82. The molecule has 4 nitrogen and oxygen atoms in total. The number of aliphatic hydroxyl groups is 1. The van der Waals surface area contributed by atoms with Crippen LogP contribution in [-0.2, 0) is 0 Å². The number of hydrogen-bond acceptors (Lipinski definition) is 3. The Morgan fingerprint density at radius 2 is 1.82 bits per heavy atom. The zero-order valence-corrected chi connectivity index (χ0v) is 13.8. The van der Waals surface area contributed by atoms with Gasteiger partial charge in [-0.25, -0.2) is 0 Å². The highest BCUT2D eigenvalue weighted by atomic mass is 16.3. The molecule has 1 amide bonds. The summed E-state index contributed by atoms with van der Waals surface area (Å²) in [4.78, 5) is 14.6. The lowest BCUT2D eigenvalue weighted by Gasteiger charge is -2.29. The van der Waals surface area contributed by atoms with Crippen molar-refractivity contribution in [2.45, 2.75) is 39.5 Å². The quantitative estimate of drug-likeness (QED) is 0.849. The highest BCUT2D eigenvalue weighted by molar-refractivity contribution is 5.94. The molecule has 0 aliphatic carbocycles. The molecular weight excluding hydrogens is 276 g/mol. The summed E-state index contributed by atoms with van der Waals surface area (Å²) in [5.74, 6) is -0.0452. The number of carbonyl (C=O) groups excluding carboxylic acids is 1. The lowest BCUT2D eigenvalue weighted by molar-refractivity contribution is 0.0928. The largest absolute Gasteiger partial charge is 0.396 e. The Kier molecular flexibility index (Phi) is 5.83. The summed E-state index contributed by atoms with van der Waals surface area (Å²) in [5, 5.41) is 12.0. The maximum absolute atomic E-state index is 12.2. The standard InChI is InChI=1S/C18H28N2O2/c1-18(2,10-13-21)14-19-17(22)15-6-8-16(9-7-15)20-11-4-3-5-12-20/h6-9,21H,3-5,10-14H2,1-2H3,(H,19,22). The summed E-state index contributed by atoms with van der Waals surface area (Å²) in [6.45, 7) is 7.03. The van der Waals surface area contributed by atoms with E-state index in [0.29, 0.717) is 18.5 Å². The summed E-state index contributed by atoms with van der Waals surface area (Å²) in [7, 11) is 0. The Morgan fingerprint density at radius 1 is 1.18 bits per heavy atom. The van der Waals surface area contributed by atoms with E-state index in [-0.39, 0.29) is 17.9 Å². The Labute approximate surface area is 133 Å². The molecule has 0 unspecified atom stereocenters. The second-order valence-corrected chi connectivity index (χ2v) is 6.92. The lowest BCUT2D eigenvalue weighted by atomic mass is 9.89. The molecule has 0 saturated carbocycles. The normalized spacial score (nSPS) is 15.7. The summed E-state index contributed by atoms with van der Waals surface area (Å²) in [6.07, 6.45) is 4.51. The molecule has 0 atom stereocenters. The van der Waals surface area contributed by atoms with Crippen LogP contribution in [0.15, 0.2) is 24.3 Å². The Bertz CT molecular complexity index is 476. The molecule has 1 saturated heterocycles. The third kappa shape index (κ3) is 4.73. The van der Waals surface area contributed by atoms with Crippen molar-refractivity contribution in [1.82, 2.24) is 5.32 Å². The fraction of sp³-hybridized carbons (Fsp3) is 0.611. The molecular formula is C18H28N2O2. The van der Waals surface area contributed by atoms with E-state index >= 15 is 0 Å². The molecule has 22 heavy (non-hydrogen) atoms. The van der Waals surface area contributed by atoms with E-state index in [1.165, 1.54) is 24.9 Å². The molecule has 2 N–H and O–H groups in total. The van der Waals surface area contributed by atoms with Crippen LogP contribution in [0, 0.1) is 5.41 Å². The lowest BCUT2D eigenvalue weighted by Crippen LogP contribution is -2.34. The summed E-state index contributed by atoms with van der Waals surface area (Å²) in [5.41, 5.74) is 1.82. The number of nitrogens with zero attached hydrogens (tertiary/aromatic N) is 1. The fourth-order valence-corrected chi connectivity index (χ4v) is 2.79. The molecule has 0 aromatic heterocycles. The second-order valence-electron chi connectivity index (χ2n) is 6.92. The minimum Gasteiger partial charge on any atom is -0.396 e. The van der Waals surface area contributed by atoms with Crippen LogP contribution in [0.25, 0.3) is 0 Å². The average molecular weight is 304 g/mol. The molecule has 0 radical (unpaired) electrons. The molecule has 1 aromatic carbocycles. The minimum atomic E-state index is -0.0852. The third-order valence-corrected chi connectivity index (χ3v) is 4.37. The highest BCUT2D eigenvalue weighted by Gasteiger charge is 2.18. The van der Waals surface area contributed by atoms with Gasteiger partial charge in [0, 0.05) is 37.5 Å². The first-order valence-corrected chi connectivity index (χ1v) is 8.26. The van der Waals surface area contributed by atoms with E-state index in [1.54, 1.807) is 0 Å². The van der Waals surface area contributed by atoms with Crippen molar-refractivity contribution in [3.05, 3.63) is 29.8 Å². The Balaban J connectivity index is 1.90. The van der Waals surface area contributed by atoms with Crippen molar-refractivity contribution in [2.75, 3.05) is 31.1 Å². The fourth-order valence-electron chi connectivity index (χ4n) is 2.79. The zero-order valence-electron chi connectivity index (χ0n) is 13.8. The van der Waals surface area contributed by atoms with E-state index in [0.717, 1.165) is 13.1 Å². The minimum absolute atomic E-state index is 0.0452. The molecule has 0 spiro atoms. The number of piperidine rings is 1. The zero-order chi connectivity index (χ0) is 16.0. The van der Waals surface area contributed by atoms with Gasteiger partial charge in [0.15, 0.2) is 0 Å². The monoisotopic (exact) mass is 304 g/mol. The molecule has 1 aromatic rings. The number of nitrogens with one attached hydrogen (secondary N) is 1. The van der Waals surface area contributed by atoms with Gasteiger partial charge in [-0.1, -0.05) is 13.8 Å². The molecule has 4 heteroatoms. The Morgan fingerprint density at radius 3 is 2.41 bits per heavy atom. The van der Waals surface area contributed by atoms with E-state index in [1.807, 2.05) is 38.1 Å². The second kappa shape index (κ2) is 7.63. The van der Waals surface area contributed by atoms with E-state index in [2.05, 4.69) is 10.2 Å². The number of rotatable bonds is 6. The first kappa shape index (κ1) is 16.8. The number of anilines is 1. The van der Waals surface area contributed by atoms with Crippen LogP contribution >= 0.6 is 0 Å². The number of benzene rings is 1. The van der Waals surface area contributed by atoms with Crippen molar-refractivity contribution in [3.63, 3.8) is 0 Å². The smallest absolute Gasteiger partial charge is 0.251 e. The van der Waals surface area contributed by atoms with Crippen LogP contribution in [0.5, 0.6) is 0 Å². The van der Waals surface area contributed by atoms with Crippen LogP contribution < -0.4 is 10.2 Å². The van der Waals surface area contributed by atoms with Gasteiger partial charge in [0.2, 0.25) is 0 Å². The van der Waals surface area contributed by atoms with Crippen molar-refractivity contribution < 1.29 is 9.90 Å². The molecule has 1 heterocycles. The highest BCUT2D eigenvalue weighted by Crippen LogP contribution is 2.21. The summed E-state index contributed by atoms with van der Waals surface area (Å²) in [6, 6.07) is 7.88. The van der Waals surface area contributed by atoms with Gasteiger partial charge in [0.1, 0.15) is 0 Å². The van der Waals surface area contributed by atoms with E-state index in [9.17, 15) is 4.79 Å². The summed E-state index contributed by atoms with van der Waals surface area (Å²) >= 11 is 0. The SMILES string of the molecule is CC(C)(CCO)CNC(=O)c1ccc(N2CCCCC2)cc1. The topological polar surface area (TPSA) is 52.6 Å². The first-order chi connectivity index (χ1) is 10.5. The third-order valence-electron chi connectivity index (χ3n) is 4.37. The van der Waals surface area contributed by atoms with Crippen molar-refractivity contribution in [3.8, 4) is 0 Å². The number of carbonyl (C=O) groups is 1. The van der Waals surface area contributed by atoms with E-state index in [4.69, 9.17) is 5.11 Å². The summed E-state index contributed by atoms with van der Waals surface area (Å²) < 4.78 is 0. The molecule has 1 aliphatic heterocycles. The van der Waals surface area contributed by atoms with Gasteiger partial charge in [-0.15, -0.1) is 0 Å². The van der Waals surface area contributed by atoms with Crippen molar-refractivity contribution >= 4 is 11.6 Å². The van der Waals surface area contributed by atoms with Gasteiger partial charge in [0.25, 0.3) is 5.91 Å². The van der Waals surface area contributed by atoms with Crippen LogP contribution in [0.4, 0.5) is 5.69 Å². The van der Waals surface area contributed by atoms with E-state index < -0.39 is 0 Å². The first-order valence-electron chi connectivity index (χ1n) is 8.26. The van der Waals surface area contributed by atoms with Gasteiger partial charge >= 0.3 is 0 Å². The predicted molar refractivity (Wildman–Crippen MR) is 90.3 cm³/mol. The van der Waals surface area contributed by atoms with Gasteiger partial charge in [0.05, 0.1) is 0 Å². The van der Waals surface area contributed by atoms with Gasteiger partial charge < -0.3 is 15.3 Å². The maximum atomic E-state index is 12.2. The van der Waals surface area contributed by atoms with Crippen LogP contribution in [0.1, 0.15) is 49.9 Å². The molecule has 0 bridgehead atoms. The van der Waals surface area contributed by atoms with Gasteiger partial charge in [-0.3, -0.25) is 4.79 Å². The maximum Gasteiger partial charge on any atom is 0.251 e.